The van der Waals surface area contributed by atoms with E-state index in [1.54, 1.807) is 24.7 Å². The Kier molecular flexibility index (Phi) is 3.21. The maximum Gasteiger partial charge on any atom is 0.309 e. The van der Waals surface area contributed by atoms with Crippen LogP contribution >= 0.6 is 11.8 Å². The highest BCUT2D eigenvalue weighted by Crippen LogP contribution is 2.27. The van der Waals surface area contributed by atoms with Crippen LogP contribution in [0, 0.1) is 5.41 Å². The summed E-state index contributed by atoms with van der Waals surface area (Å²) in [5.74, 6) is -0.220. The van der Waals surface area contributed by atoms with Gasteiger partial charge in [-0.15, -0.1) is 11.8 Å². The molecule has 0 saturated heterocycles. The maximum atomic E-state index is 10.8. The summed E-state index contributed by atoms with van der Waals surface area (Å²) in [5, 5.41) is 12.9. The first-order chi connectivity index (χ1) is 6.42. The van der Waals surface area contributed by atoms with Gasteiger partial charge in [-0.05, 0) is 13.8 Å². The molecule has 1 heterocycles. The minimum absolute atomic E-state index is 0.550. The summed E-state index contributed by atoms with van der Waals surface area (Å²) in [4.78, 5) is 11.8. The number of rotatable bonds is 4. The van der Waals surface area contributed by atoms with Gasteiger partial charge in [-0.3, -0.25) is 9.48 Å². The largest absolute Gasteiger partial charge is 0.481 e. The number of carboxylic acid groups (broad SMARTS) is 1. The van der Waals surface area contributed by atoms with Crippen LogP contribution in [0.15, 0.2) is 17.3 Å². The zero-order chi connectivity index (χ0) is 10.8. The second kappa shape index (κ2) is 4.04. The fraction of sp³-hybridized carbons (Fsp3) is 0.556. The molecule has 0 radical (unpaired) electrons. The molecule has 0 amide bonds. The molecule has 0 bridgehead atoms. The Morgan fingerprint density at radius 1 is 1.71 bits per heavy atom. The second-order valence-electron chi connectivity index (χ2n) is 3.83. The van der Waals surface area contributed by atoms with Gasteiger partial charge < -0.3 is 5.11 Å². The van der Waals surface area contributed by atoms with Gasteiger partial charge in [-0.1, -0.05) is 0 Å². The van der Waals surface area contributed by atoms with Gasteiger partial charge in [0.15, 0.2) is 0 Å². The van der Waals surface area contributed by atoms with Gasteiger partial charge >= 0.3 is 5.97 Å². The van der Waals surface area contributed by atoms with E-state index in [-0.39, 0.29) is 0 Å². The second-order valence-corrected chi connectivity index (χ2v) is 4.88. The molecule has 0 aliphatic carbocycles. The van der Waals surface area contributed by atoms with Gasteiger partial charge in [0, 0.05) is 23.9 Å². The summed E-state index contributed by atoms with van der Waals surface area (Å²) in [6, 6.07) is 0. The SMILES string of the molecule is Cn1cc(SCC(C)(C)C(=O)O)cn1. The van der Waals surface area contributed by atoms with Crippen molar-refractivity contribution >= 4 is 17.7 Å². The highest BCUT2D eigenvalue weighted by atomic mass is 32.2. The standard InChI is InChI=1S/C9H14N2O2S/c1-9(2,8(12)13)6-14-7-4-10-11(3)5-7/h4-5H,6H2,1-3H3,(H,12,13). The first-order valence-electron chi connectivity index (χ1n) is 4.27. The Morgan fingerprint density at radius 2 is 2.36 bits per heavy atom. The Morgan fingerprint density at radius 3 is 2.79 bits per heavy atom. The number of aromatic nitrogens is 2. The first-order valence-corrected chi connectivity index (χ1v) is 5.25. The normalized spacial score (nSPS) is 11.6. The number of nitrogens with zero attached hydrogens (tertiary/aromatic N) is 2. The van der Waals surface area contributed by atoms with Crippen LogP contribution in [0.25, 0.3) is 0 Å². The monoisotopic (exact) mass is 214 g/mol. The van der Waals surface area contributed by atoms with Gasteiger partial charge in [-0.2, -0.15) is 5.10 Å². The smallest absolute Gasteiger partial charge is 0.309 e. The summed E-state index contributed by atoms with van der Waals surface area (Å²) in [6.07, 6.45) is 3.62. The Hall–Kier alpha value is -0.970. The van der Waals surface area contributed by atoms with Crippen LogP contribution < -0.4 is 0 Å². The maximum absolute atomic E-state index is 10.8. The van der Waals surface area contributed by atoms with Gasteiger partial charge in [0.25, 0.3) is 0 Å². The fourth-order valence-corrected chi connectivity index (χ4v) is 1.80. The molecule has 0 fully saturated rings. The molecular formula is C9H14N2O2S. The summed E-state index contributed by atoms with van der Waals surface area (Å²) >= 11 is 1.51. The fourth-order valence-electron chi connectivity index (χ4n) is 0.799. The lowest BCUT2D eigenvalue weighted by molar-refractivity contribution is -0.145. The van der Waals surface area contributed by atoms with Crippen LogP contribution in [-0.4, -0.2) is 26.6 Å². The molecule has 0 atom stereocenters. The van der Waals surface area contributed by atoms with E-state index in [0.29, 0.717) is 5.75 Å². The minimum atomic E-state index is -0.770. The lowest BCUT2D eigenvalue weighted by Gasteiger charge is -2.17. The van der Waals surface area contributed by atoms with Gasteiger partial charge in [0.1, 0.15) is 0 Å². The van der Waals surface area contributed by atoms with E-state index in [9.17, 15) is 4.79 Å². The lowest BCUT2D eigenvalue weighted by Crippen LogP contribution is -2.26. The highest BCUT2D eigenvalue weighted by Gasteiger charge is 2.27. The Labute approximate surface area is 87.3 Å². The van der Waals surface area contributed by atoms with Crippen molar-refractivity contribution < 1.29 is 9.90 Å². The first kappa shape index (κ1) is 11.1. The summed E-state index contributed by atoms with van der Waals surface area (Å²) in [6.45, 7) is 3.44. The molecule has 0 spiro atoms. The molecule has 1 rings (SSSR count). The van der Waals surface area contributed by atoms with Crippen LogP contribution in [0.2, 0.25) is 0 Å². The van der Waals surface area contributed by atoms with Crippen molar-refractivity contribution in [3.63, 3.8) is 0 Å². The van der Waals surface area contributed by atoms with E-state index in [4.69, 9.17) is 5.11 Å². The number of hydrogen-bond acceptors (Lipinski definition) is 3. The van der Waals surface area contributed by atoms with Crippen LogP contribution in [0.5, 0.6) is 0 Å². The van der Waals surface area contributed by atoms with Crippen molar-refractivity contribution in [2.45, 2.75) is 18.7 Å². The molecule has 0 saturated carbocycles. The quantitative estimate of drug-likeness (QED) is 0.774. The lowest BCUT2D eigenvalue weighted by atomic mass is 9.97. The third kappa shape index (κ3) is 2.77. The molecule has 78 valence electrons. The zero-order valence-electron chi connectivity index (χ0n) is 8.52. The van der Waals surface area contributed by atoms with Crippen LogP contribution in [0.1, 0.15) is 13.8 Å². The van der Waals surface area contributed by atoms with E-state index in [1.807, 2.05) is 13.2 Å². The third-order valence-electron chi connectivity index (χ3n) is 1.86. The number of thioether (sulfide) groups is 1. The summed E-state index contributed by atoms with van der Waals surface area (Å²) in [7, 11) is 1.84. The van der Waals surface area contributed by atoms with Crippen molar-refractivity contribution in [2.24, 2.45) is 12.5 Å². The van der Waals surface area contributed by atoms with E-state index in [0.717, 1.165) is 4.90 Å². The molecular weight excluding hydrogens is 200 g/mol. The van der Waals surface area contributed by atoms with E-state index >= 15 is 0 Å². The molecule has 0 aliphatic heterocycles. The molecule has 4 nitrogen and oxygen atoms in total. The van der Waals surface area contributed by atoms with Gasteiger partial charge in [0.05, 0.1) is 11.6 Å². The van der Waals surface area contributed by atoms with Crippen LogP contribution in [0.4, 0.5) is 0 Å². The molecule has 1 N–H and O–H groups in total. The molecule has 1 aromatic heterocycles. The predicted octanol–water partition coefficient (Wildman–Crippen LogP) is 1.62. The Bertz CT molecular complexity index is 333. The van der Waals surface area contributed by atoms with Gasteiger partial charge in [-0.25, -0.2) is 0 Å². The van der Waals surface area contributed by atoms with Crippen molar-refractivity contribution in [1.82, 2.24) is 9.78 Å². The summed E-state index contributed by atoms with van der Waals surface area (Å²) < 4.78 is 1.70. The van der Waals surface area contributed by atoms with E-state index in [1.165, 1.54) is 11.8 Å². The van der Waals surface area contributed by atoms with E-state index < -0.39 is 11.4 Å². The molecule has 0 aromatic carbocycles. The van der Waals surface area contributed by atoms with Crippen molar-refractivity contribution in [3.8, 4) is 0 Å². The highest BCUT2D eigenvalue weighted by molar-refractivity contribution is 7.99. The minimum Gasteiger partial charge on any atom is -0.481 e. The number of hydrogen-bond donors (Lipinski definition) is 1. The molecule has 5 heteroatoms. The molecule has 14 heavy (non-hydrogen) atoms. The van der Waals surface area contributed by atoms with Crippen molar-refractivity contribution in [2.75, 3.05) is 5.75 Å². The van der Waals surface area contributed by atoms with E-state index in [2.05, 4.69) is 5.10 Å². The van der Waals surface area contributed by atoms with Crippen molar-refractivity contribution in [1.29, 1.82) is 0 Å². The van der Waals surface area contributed by atoms with Gasteiger partial charge in [0.2, 0.25) is 0 Å². The van der Waals surface area contributed by atoms with Crippen molar-refractivity contribution in [3.05, 3.63) is 12.4 Å². The summed E-state index contributed by atoms with van der Waals surface area (Å²) in [5.41, 5.74) is -0.694. The van der Waals surface area contributed by atoms with Crippen LogP contribution in [-0.2, 0) is 11.8 Å². The third-order valence-corrected chi connectivity index (χ3v) is 3.27. The molecule has 1 aromatic rings. The predicted molar refractivity (Wildman–Crippen MR) is 55.3 cm³/mol. The number of aliphatic carboxylic acids is 1. The number of aryl methyl sites for hydroxylation is 1. The number of carboxylic acids is 1. The molecule has 0 unspecified atom stereocenters. The Balaban J connectivity index is 2.52. The number of carbonyl (C=O) groups is 1. The average Bonchev–Trinajstić information content (AvgIpc) is 2.48. The molecule has 0 aliphatic rings. The zero-order valence-corrected chi connectivity index (χ0v) is 9.34. The average molecular weight is 214 g/mol. The van der Waals surface area contributed by atoms with Crippen LogP contribution in [0.3, 0.4) is 0 Å². The topological polar surface area (TPSA) is 55.1 Å².